The second-order valence-corrected chi connectivity index (χ2v) is 7.69. The van der Waals surface area contributed by atoms with Gasteiger partial charge >= 0.3 is 6.43 Å². The topological polar surface area (TPSA) is 89.0 Å². The zero-order valence-corrected chi connectivity index (χ0v) is 19.1. The molecule has 1 amide bonds. The number of rotatable bonds is 6. The summed E-state index contributed by atoms with van der Waals surface area (Å²) in [6, 6.07) is 14.2. The molecule has 2 N–H and O–H groups in total. The molecule has 2 heterocycles. The zero-order valence-electron chi connectivity index (χ0n) is 18.3. The molecule has 35 heavy (non-hydrogen) atoms. The van der Waals surface area contributed by atoms with Gasteiger partial charge in [0.05, 0.1) is 23.3 Å². The summed E-state index contributed by atoms with van der Waals surface area (Å²) in [4.78, 5) is 23.7. The van der Waals surface area contributed by atoms with E-state index < -0.39 is 12.3 Å². The minimum absolute atomic E-state index is 0.191. The molecule has 0 bridgehead atoms. The summed E-state index contributed by atoms with van der Waals surface area (Å²) in [6.07, 6.45) is -0.0192. The standard InChI is InChI=1S/C25H18ClF2N5O2/c1-15-4-7-18(13-30-15)35-22-9-6-17(12-20(22)26)33-24-19-11-16(5-8-21(19)31-14-32-24)3-2-10-29-25(34)23(27)28/h4-9,11-14,23H,10H2,1H3,(H,29,34)(H,31,32,33). The smallest absolute Gasteiger partial charge is 0.315 e. The van der Waals surface area contributed by atoms with Crippen LogP contribution in [0.2, 0.25) is 5.02 Å². The van der Waals surface area contributed by atoms with Gasteiger partial charge in [0.25, 0.3) is 5.91 Å². The van der Waals surface area contributed by atoms with Gasteiger partial charge in [-0.1, -0.05) is 23.4 Å². The highest BCUT2D eigenvalue weighted by atomic mass is 35.5. The van der Waals surface area contributed by atoms with Gasteiger partial charge in [-0.3, -0.25) is 9.78 Å². The molecule has 0 radical (unpaired) electrons. The number of aryl methyl sites for hydroxylation is 1. The maximum Gasteiger partial charge on any atom is 0.315 e. The van der Waals surface area contributed by atoms with Gasteiger partial charge in [-0.2, -0.15) is 8.78 Å². The quantitative estimate of drug-likeness (QED) is 0.356. The number of anilines is 2. The van der Waals surface area contributed by atoms with E-state index in [1.54, 1.807) is 42.6 Å². The molecule has 0 aliphatic carbocycles. The number of carbonyl (C=O) groups is 1. The lowest BCUT2D eigenvalue weighted by Crippen LogP contribution is -2.29. The van der Waals surface area contributed by atoms with Crippen molar-refractivity contribution in [1.82, 2.24) is 20.3 Å². The Morgan fingerprint density at radius 2 is 1.97 bits per heavy atom. The minimum atomic E-state index is -3.07. The van der Waals surface area contributed by atoms with Crippen molar-refractivity contribution < 1.29 is 18.3 Å². The Morgan fingerprint density at radius 3 is 2.71 bits per heavy atom. The van der Waals surface area contributed by atoms with Gasteiger partial charge in [-0.15, -0.1) is 0 Å². The Labute approximate surface area is 204 Å². The lowest BCUT2D eigenvalue weighted by atomic mass is 10.1. The Hall–Kier alpha value is -4.29. The summed E-state index contributed by atoms with van der Waals surface area (Å²) in [6.45, 7) is 1.70. The molecule has 0 aliphatic heterocycles. The van der Waals surface area contributed by atoms with Crippen LogP contribution in [0, 0.1) is 18.8 Å². The van der Waals surface area contributed by atoms with Crippen LogP contribution in [0.25, 0.3) is 10.9 Å². The number of halogens is 3. The highest BCUT2D eigenvalue weighted by Gasteiger charge is 2.13. The Kier molecular flexibility index (Phi) is 7.33. The van der Waals surface area contributed by atoms with Crippen molar-refractivity contribution in [2.24, 2.45) is 0 Å². The van der Waals surface area contributed by atoms with Crippen molar-refractivity contribution in [2.75, 3.05) is 11.9 Å². The number of nitrogens with zero attached hydrogens (tertiary/aromatic N) is 3. The summed E-state index contributed by atoms with van der Waals surface area (Å²) in [5.74, 6) is 5.69. The number of nitrogens with one attached hydrogen (secondary N) is 2. The Morgan fingerprint density at radius 1 is 1.11 bits per heavy atom. The molecule has 10 heteroatoms. The normalized spacial score (nSPS) is 10.5. The van der Waals surface area contributed by atoms with E-state index in [4.69, 9.17) is 16.3 Å². The van der Waals surface area contributed by atoms with Crippen molar-refractivity contribution in [3.8, 4) is 23.3 Å². The second kappa shape index (κ2) is 10.8. The van der Waals surface area contributed by atoms with E-state index in [-0.39, 0.29) is 6.54 Å². The first-order valence-corrected chi connectivity index (χ1v) is 10.7. The molecule has 0 unspecified atom stereocenters. The Balaban J connectivity index is 1.51. The number of fused-ring (bicyclic) bond motifs is 1. The number of pyridine rings is 1. The van der Waals surface area contributed by atoms with Gasteiger partial charge < -0.3 is 15.4 Å². The molecule has 7 nitrogen and oxygen atoms in total. The van der Waals surface area contributed by atoms with Crippen molar-refractivity contribution in [1.29, 1.82) is 0 Å². The van der Waals surface area contributed by atoms with E-state index in [1.807, 2.05) is 24.4 Å². The molecule has 2 aromatic carbocycles. The number of hydrogen-bond donors (Lipinski definition) is 2. The fourth-order valence-electron chi connectivity index (χ4n) is 3.03. The van der Waals surface area contributed by atoms with Gasteiger partial charge in [-0.05, 0) is 55.5 Å². The van der Waals surface area contributed by atoms with Gasteiger partial charge in [0.1, 0.15) is 23.6 Å². The largest absolute Gasteiger partial charge is 0.454 e. The first kappa shape index (κ1) is 23.9. The third-order valence-corrected chi connectivity index (χ3v) is 5.02. The van der Waals surface area contributed by atoms with Crippen molar-refractivity contribution >= 4 is 39.9 Å². The molecule has 4 aromatic rings. The van der Waals surface area contributed by atoms with Gasteiger partial charge in [0.15, 0.2) is 0 Å². The average Bonchev–Trinajstić information content (AvgIpc) is 2.85. The van der Waals surface area contributed by atoms with Crippen LogP contribution in [-0.2, 0) is 4.79 Å². The highest BCUT2D eigenvalue weighted by molar-refractivity contribution is 6.32. The number of ether oxygens (including phenoxy) is 1. The molecule has 0 saturated heterocycles. The maximum atomic E-state index is 12.2. The molecule has 0 aliphatic rings. The van der Waals surface area contributed by atoms with Crippen LogP contribution in [0.1, 0.15) is 11.3 Å². The van der Waals surface area contributed by atoms with E-state index in [0.717, 1.165) is 5.69 Å². The summed E-state index contributed by atoms with van der Waals surface area (Å²) < 4.78 is 30.3. The summed E-state index contributed by atoms with van der Waals surface area (Å²) >= 11 is 6.42. The molecule has 4 rings (SSSR count). The fourth-order valence-corrected chi connectivity index (χ4v) is 3.25. The van der Waals surface area contributed by atoms with Crippen LogP contribution in [0.4, 0.5) is 20.3 Å². The lowest BCUT2D eigenvalue weighted by molar-refractivity contribution is -0.131. The van der Waals surface area contributed by atoms with E-state index in [9.17, 15) is 13.6 Å². The van der Waals surface area contributed by atoms with Gasteiger partial charge in [0.2, 0.25) is 0 Å². The zero-order chi connectivity index (χ0) is 24.8. The lowest BCUT2D eigenvalue weighted by Gasteiger charge is -2.11. The predicted molar refractivity (Wildman–Crippen MR) is 129 cm³/mol. The third-order valence-electron chi connectivity index (χ3n) is 4.72. The van der Waals surface area contributed by atoms with Crippen molar-refractivity contribution in [3.63, 3.8) is 0 Å². The fraction of sp³-hybridized carbons (Fsp3) is 0.120. The SMILES string of the molecule is Cc1ccc(Oc2ccc(Nc3ncnc4ccc(C#CCNC(=O)C(F)F)cc34)cc2Cl)cn1. The van der Waals surface area contributed by atoms with E-state index in [0.29, 0.717) is 44.5 Å². The van der Waals surface area contributed by atoms with Crippen LogP contribution in [-0.4, -0.2) is 33.8 Å². The average molecular weight is 494 g/mol. The number of alkyl halides is 2. The summed E-state index contributed by atoms with van der Waals surface area (Å²) in [5.41, 5.74) is 2.84. The highest BCUT2D eigenvalue weighted by Crippen LogP contribution is 2.33. The molecule has 2 aromatic heterocycles. The first-order valence-electron chi connectivity index (χ1n) is 10.4. The number of carbonyl (C=O) groups excluding carboxylic acids is 1. The summed E-state index contributed by atoms with van der Waals surface area (Å²) in [5, 5.41) is 6.34. The first-order chi connectivity index (χ1) is 16.9. The Bertz CT molecular complexity index is 1440. The molecular formula is C25H18ClF2N5O2. The van der Waals surface area contributed by atoms with Crippen LogP contribution in [0.15, 0.2) is 61.1 Å². The minimum Gasteiger partial charge on any atom is -0.454 e. The van der Waals surface area contributed by atoms with Crippen LogP contribution in [0.5, 0.6) is 11.5 Å². The predicted octanol–water partition coefficient (Wildman–Crippen LogP) is 5.26. The molecule has 0 saturated carbocycles. The van der Waals surface area contributed by atoms with E-state index in [2.05, 4.69) is 32.1 Å². The third kappa shape index (κ3) is 6.19. The molecular weight excluding hydrogens is 476 g/mol. The second-order valence-electron chi connectivity index (χ2n) is 7.28. The van der Waals surface area contributed by atoms with Crippen molar-refractivity contribution in [3.05, 3.63) is 77.3 Å². The van der Waals surface area contributed by atoms with Gasteiger partial charge in [-0.25, -0.2) is 9.97 Å². The van der Waals surface area contributed by atoms with E-state index >= 15 is 0 Å². The van der Waals surface area contributed by atoms with E-state index in [1.165, 1.54) is 6.33 Å². The molecule has 0 fully saturated rings. The molecule has 0 spiro atoms. The number of aromatic nitrogens is 3. The monoisotopic (exact) mass is 493 g/mol. The molecule has 0 atom stereocenters. The van der Waals surface area contributed by atoms with Crippen LogP contribution < -0.4 is 15.4 Å². The number of amides is 1. The van der Waals surface area contributed by atoms with Crippen molar-refractivity contribution in [2.45, 2.75) is 13.3 Å². The van der Waals surface area contributed by atoms with Crippen LogP contribution in [0.3, 0.4) is 0 Å². The number of hydrogen-bond acceptors (Lipinski definition) is 6. The van der Waals surface area contributed by atoms with Crippen LogP contribution >= 0.6 is 11.6 Å². The summed E-state index contributed by atoms with van der Waals surface area (Å²) in [7, 11) is 0. The molecule has 176 valence electrons. The maximum absolute atomic E-state index is 12.2. The number of benzene rings is 2. The van der Waals surface area contributed by atoms with Gasteiger partial charge in [0, 0.05) is 22.3 Å².